The molecular formula is C24H27N5O4S. The summed E-state index contributed by atoms with van der Waals surface area (Å²) in [4.78, 5) is 17.4. The van der Waals surface area contributed by atoms with E-state index in [1.54, 1.807) is 36.5 Å². The number of ether oxygens (including phenoxy) is 1. The number of nitrogens with two attached hydrogens (primary N) is 1. The fourth-order valence-corrected chi connectivity index (χ4v) is 4.97. The van der Waals surface area contributed by atoms with Crippen LogP contribution in [0.1, 0.15) is 46.6 Å². The average Bonchev–Trinajstić information content (AvgIpc) is 3.09. The second-order valence-corrected chi connectivity index (χ2v) is 10.7. The maximum atomic E-state index is 13.0. The number of sulfonamides is 1. The Morgan fingerprint density at radius 3 is 2.71 bits per heavy atom. The first-order valence-corrected chi connectivity index (χ1v) is 12.3. The molecule has 1 aliphatic rings. The maximum Gasteiger partial charge on any atom is 0.259 e. The third-order valence-corrected chi connectivity index (χ3v) is 6.54. The molecule has 9 nitrogen and oxygen atoms in total. The number of pyridine rings is 1. The highest BCUT2D eigenvalue weighted by atomic mass is 32.2. The van der Waals surface area contributed by atoms with Crippen molar-refractivity contribution in [1.82, 2.24) is 14.9 Å². The van der Waals surface area contributed by atoms with Gasteiger partial charge in [0.1, 0.15) is 24.0 Å². The number of aryl methyl sites for hydroxylation is 2. The van der Waals surface area contributed by atoms with E-state index in [4.69, 9.17) is 10.5 Å². The lowest BCUT2D eigenvalue weighted by Crippen LogP contribution is -2.48. The molecule has 0 atom stereocenters. The Balaban J connectivity index is 1.48. The lowest BCUT2D eigenvalue weighted by atomic mass is 10.0. The first kappa shape index (κ1) is 23.5. The molecule has 1 aromatic carbocycles. The highest BCUT2D eigenvalue weighted by Gasteiger charge is 2.27. The number of amidine groups is 1. The Kier molecular flexibility index (Phi) is 5.94. The minimum Gasteiger partial charge on any atom is -0.490 e. The topological polar surface area (TPSA) is 129 Å². The number of nitrogens with one attached hydrogen (secondary N) is 1. The summed E-state index contributed by atoms with van der Waals surface area (Å²) in [6, 6.07) is 10.5. The molecule has 1 aliphatic heterocycles. The Morgan fingerprint density at radius 1 is 1.24 bits per heavy atom. The largest absolute Gasteiger partial charge is 0.490 e. The summed E-state index contributed by atoms with van der Waals surface area (Å²) < 4.78 is 35.3. The number of carbonyl (C=O) groups is 1. The summed E-state index contributed by atoms with van der Waals surface area (Å²) in [5.41, 5.74) is 8.78. The van der Waals surface area contributed by atoms with Gasteiger partial charge in [0, 0.05) is 23.7 Å². The molecule has 0 radical (unpaired) electrons. The molecule has 1 amide bonds. The molecule has 0 unspecified atom stereocenters. The molecule has 0 fully saturated rings. The van der Waals surface area contributed by atoms with Crippen molar-refractivity contribution in [2.24, 2.45) is 10.1 Å². The van der Waals surface area contributed by atoms with Crippen LogP contribution in [-0.2, 0) is 15.8 Å². The van der Waals surface area contributed by atoms with Gasteiger partial charge in [0.05, 0.1) is 16.9 Å². The lowest BCUT2D eigenvalue weighted by molar-refractivity contribution is 0.0880. The van der Waals surface area contributed by atoms with Gasteiger partial charge in [0.2, 0.25) is 0 Å². The predicted octanol–water partition coefficient (Wildman–Crippen LogP) is 2.63. The highest BCUT2D eigenvalue weighted by molar-refractivity contribution is 7.89. The minimum absolute atomic E-state index is 0.0986. The molecular weight excluding hydrogens is 454 g/mol. The summed E-state index contributed by atoms with van der Waals surface area (Å²) in [5.74, 6) is 0.485. The fraction of sp³-hybridized carbons (Fsp3) is 0.292. The van der Waals surface area contributed by atoms with Crippen LogP contribution in [-0.4, -0.2) is 41.9 Å². The number of fused-ring (bicyclic) bond motifs is 1. The quantitative estimate of drug-likeness (QED) is 0.557. The van der Waals surface area contributed by atoms with Crippen molar-refractivity contribution in [3.8, 4) is 11.6 Å². The molecule has 0 saturated heterocycles. The Morgan fingerprint density at radius 2 is 2.00 bits per heavy atom. The molecule has 3 aromatic rings. The standard InChI is InChI=1S/C24H27N5O4S/c1-15-10-16(2)29(12-15)20-11-17(8-9-26-20)23(30)27-24(3,4)14-33-19-7-5-6-18-13-34(31,32)28-22(25)21(18)19/h5-12H,13-14H2,1-4H3,(H2,25,28)(H,27,30). The molecule has 0 bridgehead atoms. The monoisotopic (exact) mass is 481 g/mol. The van der Waals surface area contributed by atoms with Crippen molar-refractivity contribution in [1.29, 1.82) is 0 Å². The molecule has 2 aromatic heterocycles. The van der Waals surface area contributed by atoms with Crippen LogP contribution in [0, 0.1) is 13.8 Å². The van der Waals surface area contributed by atoms with E-state index in [-0.39, 0.29) is 24.1 Å². The van der Waals surface area contributed by atoms with E-state index in [9.17, 15) is 13.2 Å². The van der Waals surface area contributed by atoms with Gasteiger partial charge in [-0.3, -0.25) is 4.79 Å². The number of amides is 1. The summed E-state index contributed by atoms with van der Waals surface area (Å²) in [5, 5.41) is 2.99. The van der Waals surface area contributed by atoms with Gasteiger partial charge in [-0.05, 0) is 63.1 Å². The van der Waals surface area contributed by atoms with Crippen LogP contribution < -0.4 is 15.8 Å². The molecule has 3 heterocycles. The van der Waals surface area contributed by atoms with Crippen molar-refractivity contribution in [2.75, 3.05) is 6.61 Å². The van der Waals surface area contributed by atoms with E-state index in [2.05, 4.69) is 14.7 Å². The molecule has 34 heavy (non-hydrogen) atoms. The number of benzene rings is 1. The van der Waals surface area contributed by atoms with Gasteiger partial charge in [0.25, 0.3) is 15.9 Å². The highest BCUT2D eigenvalue weighted by Crippen LogP contribution is 2.28. The lowest BCUT2D eigenvalue weighted by Gasteiger charge is -2.27. The number of hydrogen-bond donors (Lipinski definition) is 2. The average molecular weight is 482 g/mol. The third kappa shape index (κ3) is 4.96. The zero-order valence-corrected chi connectivity index (χ0v) is 20.3. The van der Waals surface area contributed by atoms with E-state index in [1.807, 2.05) is 44.5 Å². The van der Waals surface area contributed by atoms with Crippen LogP contribution in [0.4, 0.5) is 0 Å². The fourth-order valence-electron chi connectivity index (χ4n) is 3.89. The van der Waals surface area contributed by atoms with Gasteiger partial charge < -0.3 is 20.4 Å². The van der Waals surface area contributed by atoms with Crippen molar-refractivity contribution < 1.29 is 17.9 Å². The van der Waals surface area contributed by atoms with Gasteiger partial charge in [-0.1, -0.05) is 12.1 Å². The molecule has 178 valence electrons. The summed E-state index contributed by atoms with van der Waals surface area (Å²) in [6.07, 6.45) is 3.58. The minimum atomic E-state index is -3.63. The van der Waals surface area contributed by atoms with Crippen LogP contribution in [0.3, 0.4) is 0 Å². The van der Waals surface area contributed by atoms with E-state index in [1.165, 1.54) is 0 Å². The number of carbonyl (C=O) groups excluding carboxylic acids is 1. The van der Waals surface area contributed by atoms with Crippen LogP contribution in [0.15, 0.2) is 53.2 Å². The van der Waals surface area contributed by atoms with Gasteiger partial charge in [-0.2, -0.15) is 0 Å². The van der Waals surface area contributed by atoms with E-state index >= 15 is 0 Å². The van der Waals surface area contributed by atoms with Crippen LogP contribution in [0.25, 0.3) is 5.82 Å². The molecule has 4 rings (SSSR count). The number of nitrogens with zero attached hydrogens (tertiary/aromatic N) is 3. The van der Waals surface area contributed by atoms with Gasteiger partial charge >= 0.3 is 0 Å². The molecule has 10 heteroatoms. The number of rotatable bonds is 6. The number of hydrogen-bond acceptors (Lipinski definition) is 6. The van der Waals surface area contributed by atoms with Crippen molar-refractivity contribution >= 4 is 21.8 Å². The summed E-state index contributed by atoms with van der Waals surface area (Å²) in [7, 11) is -3.63. The Bertz CT molecular complexity index is 1410. The molecule has 3 N–H and O–H groups in total. The van der Waals surface area contributed by atoms with Gasteiger partial charge in [-0.25, -0.2) is 13.4 Å². The van der Waals surface area contributed by atoms with Crippen molar-refractivity contribution in [3.63, 3.8) is 0 Å². The zero-order chi connectivity index (χ0) is 24.7. The smallest absolute Gasteiger partial charge is 0.259 e. The SMILES string of the molecule is Cc1cc(C)n(-c2cc(C(=O)NC(C)(C)COc3cccc4c3C(N)=NS(=O)(=O)C4)ccn2)c1. The summed E-state index contributed by atoms with van der Waals surface area (Å²) in [6.45, 7) is 7.79. The Labute approximate surface area is 198 Å². The van der Waals surface area contributed by atoms with Gasteiger partial charge in [0.15, 0.2) is 0 Å². The van der Waals surface area contributed by atoms with Crippen molar-refractivity contribution in [2.45, 2.75) is 39.0 Å². The Hall–Kier alpha value is -3.66. The maximum absolute atomic E-state index is 13.0. The first-order chi connectivity index (χ1) is 15.9. The van der Waals surface area contributed by atoms with E-state index in [0.717, 1.165) is 11.3 Å². The second-order valence-electron chi connectivity index (χ2n) is 9.05. The van der Waals surface area contributed by atoms with Crippen LogP contribution in [0.2, 0.25) is 0 Å². The second kappa shape index (κ2) is 8.60. The normalized spacial score (nSPS) is 14.8. The summed E-state index contributed by atoms with van der Waals surface area (Å²) >= 11 is 0. The first-order valence-electron chi connectivity index (χ1n) is 10.7. The molecule has 0 aliphatic carbocycles. The van der Waals surface area contributed by atoms with Crippen LogP contribution in [0.5, 0.6) is 5.75 Å². The van der Waals surface area contributed by atoms with Crippen LogP contribution >= 0.6 is 0 Å². The predicted molar refractivity (Wildman–Crippen MR) is 130 cm³/mol. The number of aromatic nitrogens is 2. The van der Waals surface area contributed by atoms with Gasteiger partial charge in [-0.15, -0.1) is 4.40 Å². The van der Waals surface area contributed by atoms with E-state index < -0.39 is 15.6 Å². The van der Waals surface area contributed by atoms with E-state index in [0.29, 0.717) is 28.3 Å². The molecule has 0 saturated carbocycles. The molecule has 0 spiro atoms. The zero-order valence-electron chi connectivity index (χ0n) is 19.5. The third-order valence-electron chi connectivity index (χ3n) is 5.39. The van der Waals surface area contributed by atoms with Crippen molar-refractivity contribution in [3.05, 3.63) is 76.7 Å².